The maximum Gasteiger partial charge on any atom is 0.472 e. The summed E-state index contributed by atoms with van der Waals surface area (Å²) in [4.78, 5) is 72.9. The van der Waals surface area contributed by atoms with Crippen molar-refractivity contribution in [1.82, 2.24) is 0 Å². The third kappa shape index (κ3) is 71.9. The van der Waals surface area contributed by atoms with Gasteiger partial charge in [-0.15, -0.1) is 0 Å². The standard InChI is InChI=1S/C79H150O17P2/c1-6-9-12-15-18-21-24-26-29-34-38-43-48-53-58-63-77(82)90-69-75(96-79(84)65-60-55-50-45-40-36-32-28-31-33-37-41-46-51-56-61-72(4)5)71-94-98(87,88)92-67-73(80)66-91-97(85,86)93-70-74(68-89-76(81)62-57-52-47-42-23-20-17-14-11-8-3)95-78(83)64-59-54-49-44-39-35-30-27-25-22-19-16-13-10-7-2/h21,24,26,29,72-75,80H,6-20,22-23,25,27-28,30-71H2,1-5H3,(H,85,86)(H,87,88)/b24-21-,29-26-/t73-,74+,75+/m0/s1. The van der Waals surface area contributed by atoms with Crippen LogP contribution in [0.5, 0.6) is 0 Å². The summed E-state index contributed by atoms with van der Waals surface area (Å²) in [5.41, 5.74) is 0. The van der Waals surface area contributed by atoms with Crippen molar-refractivity contribution in [2.24, 2.45) is 5.92 Å². The average molecular weight is 1430 g/mol. The minimum atomic E-state index is -4.97. The second-order valence-corrected chi connectivity index (χ2v) is 31.2. The Labute approximate surface area is 599 Å². The molecule has 0 radical (unpaired) electrons. The molecule has 0 fully saturated rings. The zero-order chi connectivity index (χ0) is 71.9. The van der Waals surface area contributed by atoms with Gasteiger partial charge in [0, 0.05) is 25.7 Å². The van der Waals surface area contributed by atoms with E-state index in [1.165, 1.54) is 199 Å². The van der Waals surface area contributed by atoms with Crippen molar-refractivity contribution in [3.63, 3.8) is 0 Å². The molecule has 2 unspecified atom stereocenters. The number of phosphoric acid groups is 2. The molecule has 0 saturated carbocycles. The Morgan fingerprint density at radius 2 is 0.551 bits per heavy atom. The molecule has 0 aromatic heterocycles. The fourth-order valence-electron chi connectivity index (χ4n) is 11.7. The number of carbonyl (C=O) groups is 4. The first-order valence-corrected chi connectivity index (χ1v) is 43.4. The number of esters is 4. The Morgan fingerprint density at radius 1 is 0.316 bits per heavy atom. The molecule has 98 heavy (non-hydrogen) atoms. The molecule has 5 atom stereocenters. The molecule has 17 nitrogen and oxygen atoms in total. The number of carbonyl (C=O) groups excluding carboxylic acids is 4. The quantitative estimate of drug-likeness (QED) is 0.0169. The predicted molar refractivity (Wildman–Crippen MR) is 400 cm³/mol. The van der Waals surface area contributed by atoms with Crippen molar-refractivity contribution >= 4 is 39.5 Å². The van der Waals surface area contributed by atoms with E-state index >= 15 is 0 Å². The molecule has 0 saturated heterocycles. The fraction of sp³-hybridized carbons (Fsp3) is 0.899. The van der Waals surface area contributed by atoms with Crippen molar-refractivity contribution in [2.75, 3.05) is 39.6 Å². The third-order valence-corrected chi connectivity index (χ3v) is 19.8. The molecular weight excluding hydrogens is 1280 g/mol. The summed E-state index contributed by atoms with van der Waals surface area (Å²) in [6, 6.07) is 0. The van der Waals surface area contributed by atoms with E-state index in [0.29, 0.717) is 25.7 Å². The van der Waals surface area contributed by atoms with Crippen LogP contribution in [-0.4, -0.2) is 96.7 Å². The van der Waals surface area contributed by atoms with Crippen LogP contribution in [-0.2, 0) is 65.4 Å². The highest BCUT2D eigenvalue weighted by atomic mass is 31.2. The molecule has 0 heterocycles. The van der Waals surface area contributed by atoms with E-state index in [4.69, 9.17) is 37.0 Å². The van der Waals surface area contributed by atoms with E-state index in [-0.39, 0.29) is 25.7 Å². The van der Waals surface area contributed by atoms with Crippen LogP contribution in [0.2, 0.25) is 0 Å². The van der Waals surface area contributed by atoms with Crippen molar-refractivity contribution in [2.45, 2.75) is 412 Å². The van der Waals surface area contributed by atoms with Gasteiger partial charge in [0.2, 0.25) is 0 Å². The monoisotopic (exact) mass is 1430 g/mol. The molecule has 578 valence electrons. The van der Waals surface area contributed by atoms with E-state index in [1.54, 1.807) is 0 Å². The number of unbranched alkanes of at least 4 members (excludes halogenated alkanes) is 46. The van der Waals surface area contributed by atoms with Gasteiger partial charge in [-0.1, -0.05) is 341 Å². The van der Waals surface area contributed by atoms with Crippen LogP contribution in [0.1, 0.15) is 394 Å². The molecule has 19 heteroatoms. The second kappa shape index (κ2) is 71.5. The van der Waals surface area contributed by atoms with E-state index in [0.717, 1.165) is 115 Å². The smallest absolute Gasteiger partial charge is 0.462 e. The lowest BCUT2D eigenvalue weighted by molar-refractivity contribution is -0.161. The van der Waals surface area contributed by atoms with E-state index < -0.39 is 97.5 Å². The number of hydrogen-bond donors (Lipinski definition) is 3. The Morgan fingerprint density at radius 3 is 0.837 bits per heavy atom. The number of aliphatic hydroxyl groups excluding tert-OH is 1. The number of phosphoric ester groups is 2. The Bertz CT molecular complexity index is 1970. The molecule has 0 amide bonds. The largest absolute Gasteiger partial charge is 0.472 e. The first-order valence-electron chi connectivity index (χ1n) is 40.5. The van der Waals surface area contributed by atoms with Gasteiger partial charge >= 0.3 is 39.5 Å². The van der Waals surface area contributed by atoms with Gasteiger partial charge in [-0.2, -0.15) is 0 Å². The van der Waals surface area contributed by atoms with E-state index in [2.05, 4.69) is 58.9 Å². The predicted octanol–water partition coefficient (Wildman–Crippen LogP) is 23.2. The summed E-state index contributed by atoms with van der Waals surface area (Å²) in [7, 11) is -9.93. The molecular formula is C79H150O17P2. The lowest BCUT2D eigenvalue weighted by Gasteiger charge is -2.21. The Balaban J connectivity index is 5.27. The summed E-state index contributed by atoms with van der Waals surface area (Å²) in [6.45, 7) is 7.27. The van der Waals surface area contributed by atoms with Crippen LogP contribution in [0, 0.1) is 5.92 Å². The molecule has 0 aromatic carbocycles. The highest BCUT2D eigenvalue weighted by Gasteiger charge is 2.30. The van der Waals surface area contributed by atoms with Crippen LogP contribution in [0.25, 0.3) is 0 Å². The van der Waals surface area contributed by atoms with Crippen LogP contribution in [0.15, 0.2) is 24.3 Å². The maximum absolute atomic E-state index is 13.1. The normalized spacial score (nSPS) is 14.1. The van der Waals surface area contributed by atoms with Gasteiger partial charge in [-0.3, -0.25) is 37.3 Å². The van der Waals surface area contributed by atoms with Gasteiger partial charge in [0.1, 0.15) is 19.3 Å². The molecule has 0 aromatic rings. The van der Waals surface area contributed by atoms with Crippen LogP contribution in [0.4, 0.5) is 0 Å². The lowest BCUT2D eigenvalue weighted by Crippen LogP contribution is -2.30. The number of aliphatic hydroxyl groups is 1. The first-order chi connectivity index (χ1) is 47.5. The number of ether oxygens (including phenoxy) is 4. The zero-order valence-electron chi connectivity index (χ0n) is 63.4. The highest BCUT2D eigenvalue weighted by Crippen LogP contribution is 2.45. The number of allylic oxidation sites excluding steroid dienone is 4. The summed E-state index contributed by atoms with van der Waals surface area (Å²) < 4.78 is 68.6. The van der Waals surface area contributed by atoms with Gasteiger partial charge < -0.3 is 33.8 Å². The van der Waals surface area contributed by atoms with Crippen molar-refractivity contribution in [3.05, 3.63) is 24.3 Å². The van der Waals surface area contributed by atoms with E-state index in [9.17, 15) is 43.2 Å². The van der Waals surface area contributed by atoms with Gasteiger partial charge in [0.05, 0.1) is 26.4 Å². The van der Waals surface area contributed by atoms with Gasteiger partial charge in [-0.05, 0) is 57.3 Å². The summed E-state index contributed by atoms with van der Waals surface area (Å²) in [6.07, 6.45) is 64.5. The molecule has 0 rings (SSSR count). The molecule has 0 aliphatic rings. The Hall–Kier alpha value is -2.46. The van der Waals surface area contributed by atoms with Crippen LogP contribution in [0.3, 0.4) is 0 Å². The zero-order valence-corrected chi connectivity index (χ0v) is 65.2. The minimum Gasteiger partial charge on any atom is -0.462 e. The first kappa shape index (κ1) is 95.5. The molecule has 0 aliphatic carbocycles. The number of rotatable bonds is 77. The topological polar surface area (TPSA) is 237 Å². The third-order valence-electron chi connectivity index (χ3n) is 17.9. The van der Waals surface area contributed by atoms with Gasteiger partial charge in [-0.25, -0.2) is 9.13 Å². The van der Waals surface area contributed by atoms with Crippen molar-refractivity contribution in [1.29, 1.82) is 0 Å². The molecule has 0 spiro atoms. The highest BCUT2D eigenvalue weighted by molar-refractivity contribution is 7.47. The number of hydrogen-bond acceptors (Lipinski definition) is 15. The minimum absolute atomic E-state index is 0.101. The SMILES string of the molecule is CCCCCC/C=C\C=C/CCCCCCCC(=O)OC[C@H](COP(=O)(O)OC[C@@H](O)COP(=O)(O)OC[C@@H](COC(=O)CCCCCCCCCCCC)OC(=O)CCCCCCCCCCCCCCCCC)OC(=O)CCCCCCCCCCCCCCCCCC(C)C. The molecule has 0 bridgehead atoms. The van der Waals surface area contributed by atoms with Gasteiger partial charge in [0.15, 0.2) is 12.2 Å². The second-order valence-electron chi connectivity index (χ2n) is 28.2. The summed E-state index contributed by atoms with van der Waals surface area (Å²) in [5, 5.41) is 10.6. The Kier molecular flexibility index (Phi) is 69.7. The summed E-state index contributed by atoms with van der Waals surface area (Å²) >= 11 is 0. The summed E-state index contributed by atoms with van der Waals surface area (Å²) in [5.74, 6) is -1.34. The molecule has 3 N–H and O–H groups in total. The van der Waals surface area contributed by atoms with Crippen molar-refractivity contribution in [3.8, 4) is 0 Å². The lowest BCUT2D eigenvalue weighted by atomic mass is 10.0. The van der Waals surface area contributed by atoms with Gasteiger partial charge in [0.25, 0.3) is 0 Å². The molecule has 0 aliphatic heterocycles. The van der Waals surface area contributed by atoms with E-state index in [1.807, 2.05) is 0 Å². The van der Waals surface area contributed by atoms with Crippen LogP contribution < -0.4 is 0 Å². The average Bonchev–Trinajstić information content (AvgIpc) is 0.983. The van der Waals surface area contributed by atoms with Crippen molar-refractivity contribution < 1.29 is 80.2 Å². The fourth-order valence-corrected chi connectivity index (χ4v) is 13.3. The van der Waals surface area contributed by atoms with Crippen LogP contribution >= 0.6 is 15.6 Å². The maximum atomic E-state index is 13.1.